The van der Waals surface area contributed by atoms with Gasteiger partial charge in [0.15, 0.2) is 15.6 Å². The maximum absolute atomic E-state index is 13.1. The Morgan fingerprint density at radius 1 is 1.16 bits per heavy atom. The van der Waals surface area contributed by atoms with E-state index in [1.165, 1.54) is 35.8 Å². The number of nitrogens with one attached hydrogen (secondary N) is 1. The Balaban J connectivity index is 1.87. The lowest BCUT2D eigenvalue weighted by Crippen LogP contribution is -2.31. The van der Waals surface area contributed by atoms with Crippen LogP contribution in [0.5, 0.6) is 0 Å². The van der Waals surface area contributed by atoms with Crippen molar-refractivity contribution >= 4 is 27.1 Å². The van der Waals surface area contributed by atoms with Crippen LogP contribution in [0.1, 0.15) is 20.7 Å². The van der Waals surface area contributed by atoms with Crippen molar-refractivity contribution in [2.75, 3.05) is 6.54 Å². The van der Waals surface area contributed by atoms with E-state index in [-0.39, 0.29) is 17.2 Å². The summed E-state index contributed by atoms with van der Waals surface area (Å²) in [6.45, 7) is -0.125. The van der Waals surface area contributed by atoms with Crippen molar-refractivity contribution in [2.24, 2.45) is 0 Å². The molecule has 8 heteroatoms. The van der Waals surface area contributed by atoms with Crippen LogP contribution >= 0.6 is 11.3 Å². The molecule has 130 valence electrons. The van der Waals surface area contributed by atoms with Crippen LogP contribution in [0.25, 0.3) is 0 Å². The summed E-state index contributed by atoms with van der Waals surface area (Å²) < 4.78 is 44.0. The van der Waals surface area contributed by atoms with Gasteiger partial charge in [0.05, 0.1) is 11.2 Å². The molecule has 0 aliphatic carbocycles. The quantitative estimate of drug-likeness (QED) is 0.666. The van der Waals surface area contributed by atoms with Gasteiger partial charge in [0.2, 0.25) is 0 Å². The second-order valence-corrected chi connectivity index (χ2v) is 8.30. The zero-order valence-electron chi connectivity index (χ0n) is 12.9. The van der Waals surface area contributed by atoms with Crippen molar-refractivity contribution in [1.82, 2.24) is 5.32 Å². The Morgan fingerprint density at radius 3 is 2.52 bits per heavy atom. The van der Waals surface area contributed by atoms with Crippen LogP contribution in [0.4, 0.5) is 4.39 Å². The first kappa shape index (κ1) is 17.4. The maximum atomic E-state index is 13.1. The summed E-state index contributed by atoms with van der Waals surface area (Å²) in [5.41, 5.74) is 0. The van der Waals surface area contributed by atoms with Gasteiger partial charge in [0.1, 0.15) is 11.1 Å². The molecule has 2 heterocycles. The zero-order chi connectivity index (χ0) is 17.9. The number of carbonyl (C=O) groups excluding carboxylic acids is 1. The van der Waals surface area contributed by atoms with E-state index in [9.17, 15) is 17.6 Å². The lowest BCUT2D eigenvalue weighted by atomic mass is 10.3. The van der Waals surface area contributed by atoms with Gasteiger partial charge in [0.25, 0.3) is 5.91 Å². The highest BCUT2D eigenvalue weighted by Crippen LogP contribution is 2.31. The fourth-order valence-electron chi connectivity index (χ4n) is 2.31. The van der Waals surface area contributed by atoms with Gasteiger partial charge in [-0.15, -0.1) is 11.3 Å². The van der Waals surface area contributed by atoms with Gasteiger partial charge in [-0.2, -0.15) is 0 Å². The van der Waals surface area contributed by atoms with Crippen LogP contribution in [0.15, 0.2) is 69.5 Å². The fraction of sp³-hybridized carbons (Fsp3) is 0.118. The Hall–Kier alpha value is -2.45. The lowest BCUT2D eigenvalue weighted by molar-refractivity contribution is 0.0926. The Kier molecular flexibility index (Phi) is 5.00. The summed E-state index contributed by atoms with van der Waals surface area (Å²) in [7, 11) is -3.81. The van der Waals surface area contributed by atoms with E-state index < -0.39 is 26.8 Å². The molecule has 0 unspecified atom stereocenters. The summed E-state index contributed by atoms with van der Waals surface area (Å²) in [6.07, 6.45) is 1.36. The first-order chi connectivity index (χ1) is 12.0. The van der Waals surface area contributed by atoms with Crippen LogP contribution in [0.3, 0.4) is 0 Å². The number of carbonyl (C=O) groups is 1. The minimum Gasteiger partial charge on any atom is -0.459 e. The van der Waals surface area contributed by atoms with Crippen molar-refractivity contribution < 1.29 is 22.0 Å². The molecule has 5 nitrogen and oxygen atoms in total. The SMILES string of the molecule is O=C(NC[C@H](c1cccs1)S(=O)(=O)c1ccc(F)cc1)c1ccco1. The number of sulfone groups is 1. The number of furan rings is 1. The van der Waals surface area contributed by atoms with Crippen molar-refractivity contribution in [3.8, 4) is 0 Å². The highest BCUT2D eigenvalue weighted by Gasteiger charge is 2.30. The standard InChI is InChI=1S/C17H14FNO4S2/c18-12-5-7-13(8-6-12)25(21,22)16(15-4-2-10-24-15)11-19-17(20)14-3-1-9-23-14/h1-10,16H,11H2,(H,19,20)/t16-/m1/s1. The summed E-state index contributed by atoms with van der Waals surface area (Å²) >= 11 is 1.28. The van der Waals surface area contributed by atoms with Gasteiger partial charge < -0.3 is 9.73 Å². The molecule has 0 bridgehead atoms. The van der Waals surface area contributed by atoms with Crippen LogP contribution in [-0.2, 0) is 9.84 Å². The minimum absolute atomic E-state index is 0.000419. The average molecular weight is 379 g/mol. The molecule has 1 N–H and O–H groups in total. The number of rotatable bonds is 6. The molecule has 3 aromatic rings. The highest BCUT2D eigenvalue weighted by atomic mass is 32.2. The molecule has 3 rings (SSSR count). The predicted molar refractivity (Wildman–Crippen MR) is 91.7 cm³/mol. The van der Waals surface area contributed by atoms with Crippen LogP contribution in [0, 0.1) is 5.82 Å². The van der Waals surface area contributed by atoms with Crippen molar-refractivity contribution in [2.45, 2.75) is 10.1 Å². The predicted octanol–water partition coefficient (Wildman–Crippen LogP) is 3.43. The van der Waals surface area contributed by atoms with E-state index in [4.69, 9.17) is 4.42 Å². The number of hydrogen-bond donors (Lipinski definition) is 1. The van der Waals surface area contributed by atoms with Crippen LogP contribution < -0.4 is 5.32 Å². The fourth-order valence-corrected chi connectivity index (χ4v) is 5.09. The molecular weight excluding hydrogens is 365 g/mol. The van der Waals surface area contributed by atoms with Gasteiger partial charge in [-0.25, -0.2) is 12.8 Å². The van der Waals surface area contributed by atoms with E-state index in [1.807, 2.05) is 0 Å². The molecule has 0 radical (unpaired) electrons. The Bertz CT molecular complexity index is 933. The lowest BCUT2D eigenvalue weighted by Gasteiger charge is -2.17. The largest absolute Gasteiger partial charge is 0.459 e. The molecule has 0 saturated carbocycles. The van der Waals surface area contributed by atoms with E-state index >= 15 is 0 Å². The number of benzene rings is 1. The first-order valence-electron chi connectivity index (χ1n) is 7.33. The number of halogens is 1. The van der Waals surface area contributed by atoms with Gasteiger partial charge in [-0.1, -0.05) is 6.07 Å². The molecule has 0 aliphatic heterocycles. The Labute approximate surface area is 148 Å². The third kappa shape index (κ3) is 3.80. The van der Waals surface area contributed by atoms with Gasteiger partial charge in [-0.05, 0) is 47.8 Å². The molecule has 0 spiro atoms. The summed E-state index contributed by atoms with van der Waals surface area (Å²) in [5, 5.41) is 3.37. The van der Waals surface area contributed by atoms with Gasteiger partial charge >= 0.3 is 0 Å². The van der Waals surface area contributed by atoms with Crippen molar-refractivity contribution in [3.05, 3.63) is 76.6 Å². The molecule has 0 fully saturated rings. The number of hydrogen-bond acceptors (Lipinski definition) is 5. The summed E-state index contributed by atoms with van der Waals surface area (Å²) in [4.78, 5) is 12.6. The van der Waals surface area contributed by atoms with E-state index in [2.05, 4.69) is 5.32 Å². The second-order valence-electron chi connectivity index (χ2n) is 5.19. The van der Waals surface area contributed by atoms with Gasteiger partial charge in [-0.3, -0.25) is 4.79 Å². The van der Waals surface area contributed by atoms with Crippen LogP contribution in [-0.4, -0.2) is 20.9 Å². The first-order valence-corrected chi connectivity index (χ1v) is 9.75. The summed E-state index contributed by atoms with van der Waals surface area (Å²) in [6, 6.07) is 11.1. The molecule has 2 aromatic heterocycles. The van der Waals surface area contributed by atoms with Crippen molar-refractivity contribution in [3.63, 3.8) is 0 Å². The molecular formula is C17H14FNO4S2. The molecule has 1 atom stereocenters. The molecule has 1 aromatic carbocycles. The van der Waals surface area contributed by atoms with Crippen molar-refractivity contribution in [1.29, 1.82) is 0 Å². The second kappa shape index (κ2) is 7.20. The Morgan fingerprint density at radius 2 is 1.92 bits per heavy atom. The van der Waals surface area contributed by atoms with E-state index in [0.717, 1.165) is 12.1 Å². The zero-order valence-corrected chi connectivity index (χ0v) is 14.5. The third-order valence-electron chi connectivity index (χ3n) is 3.57. The summed E-state index contributed by atoms with van der Waals surface area (Å²) in [5.74, 6) is -0.914. The minimum atomic E-state index is -3.81. The molecule has 1 amide bonds. The maximum Gasteiger partial charge on any atom is 0.287 e. The average Bonchev–Trinajstić information content (AvgIpc) is 3.29. The normalized spacial score (nSPS) is 12.7. The van der Waals surface area contributed by atoms with E-state index in [1.54, 1.807) is 23.6 Å². The monoisotopic (exact) mass is 379 g/mol. The molecule has 0 aliphatic rings. The number of amides is 1. The van der Waals surface area contributed by atoms with E-state index in [0.29, 0.717) is 4.88 Å². The third-order valence-corrected chi connectivity index (χ3v) is 6.80. The van der Waals surface area contributed by atoms with Gasteiger partial charge in [0, 0.05) is 11.4 Å². The topological polar surface area (TPSA) is 76.4 Å². The highest BCUT2D eigenvalue weighted by molar-refractivity contribution is 7.91. The molecule has 0 saturated heterocycles. The molecule has 25 heavy (non-hydrogen) atoms. The van der Waals surface area contributed by atoms with Crippen LogP contribution in [0.2, 0.25) is 0 Å². The smallest absolute Gasteiger partial charge is 0.287 e. The number of thiophene rings is 1.